The molecule has 0 radical (unpaired) electrons. The van der Waals surface area contributed by atoms with Crippen molar-refractivity contribution in [2.45, 2.75) is 24.7 Å². The van der Waals surface area contributed by atoms with Crippen LogP contribution in [0.15, 0.2) is 53.4 Å². The average Bonchev–Trinajstić information content (AvgIpc) is 2.72. The Balaban J connectivity index is 2.03. The summed E-state index contributed by atoms with van der Waals surface area (Å²) in [4.78, 5) is 14.9. The molecule has 1 aliphatic heterocycles. The van der Waals surface area contributed by atoms with Crippen LogP contribution in [-0.2, 0) is 14.8 Å². The molecule has 0 aromatic heterocycles. The number of nitrogens with zero attached hydrogens (tertiary/aromatic N) is 2. The number of methoxy groups -OCH3 is 1. The Kier molecular flexibility index (Phi) is 6.70. The standard InChI is InChI=1S/C21H25ClN2O4S/c1-16-7-6-12-23(14-16)21(25)15-24(19-13-17(22)10-11-20(19)28-2)29(26,27)18-8-4-3-5-9-18/h3-5,8-11,13,16H,6-7,12,14-15H2,1-2H3/t16-/m1/s1. The second-order valence-electron chi connectivity index (χ2n) is 7.23. The molecule has 8 heteroatoms. The molecule has 156 valence electrons. The topological polar surface area (TPSA) is 66.9 Å². The van der Waals surface area contributed by atoms with Crippen LogP contribution in [0.4, 0.5) is 5.69 Å². The SMILES string of the molecule is COc1ccc(Cl)cc1N(CC(=O)N1CCC[C@@H](C)C1)S(=O)(=O)c1ccccc1. The zero-order valence-corrected chi connectivity index (χ0v) is 18.1. The van der Waals surface area contributed by atoms with Crippen molar-refractivity contribution in [1.82, 2.24) is 4.90 Å². The molecule has 0 N–H and O–H groups in total. The van der Waals surface area contributed by atoms with E-state index in [1.807, 2.05) is 0 Å². The molecule has 6 nitrogen and oxygen atoms in total. The minimum atomic E-state index is -4.00. The van der Waals surface area contributed by atoms with Crippen LogP contribution in [0.5, 0.6) is 5.75 Å². The maximum absolute atomic E-state index is 13.5. The third kappa shape index (κ3) is 4.85. The van der Waals surface area contributed by atoms with E-state index in [-0.39, 0.29) is 23.0 Å². The Morgan fingerprint density at radius 1 is 1.24 bits per heavy atom. The summed E-state index contributed by atoms with van der Waals surface area (Å²) >= 11 is 6.15. The Labute approximate surface area is 177 Å². The second-order valence-corrected chi connectivity index (χ2v) is 9.53. The van der Waals surface area contributed by atoms with E-state index < -0.39 is 10.0 Å². The minimum absolute atomic E-state index is 0.0989. The summed E-state index contributed by atoms with van der Waals surface area (Å²) in [5.74, 6) is 0.486. The smallest absolute Gasteiger partial charge is 0.264 e. The lowest BCUT2D eigenvalue weighted by Gasteiger charge is -2.33. The van der Waals surface area contributed by atoms with Crippen LogP contribution < -0.4 is 9.04 Å². The molecular formula is C21H25ClN2O4S. The number of carbonyl (C=O) groups excluding carboxylic acids is 1. The summed E-state index contributed by atoms with van der Waals surface area (Å²) < 4.78 is 33.4. The Bertz CT molecular complexity index is 966. The van der Waals surface area contributed by atoms with Gasteiger partial charge in [-0.25, -0.2) is 8.42 Å². The van der Waals surface area contributed by atoms with Crippen molar-refractivity contribution < 1.29 is 17.9 Å². The molecule has 0 unspecified atom stereocenters. The highest BCUT2D eigenvalue weighted by Gasteiger charge is 2.32. The lowest BCUT2D eigenvalue weighted by molar-refractivity contribution is -0.131. The third-order valence-corrected chi connectivity index (χ3v) is 7.04. The van der Waals surface area contributed by atoms with E-state index in [0.29, 0.717) is 29.8 Å². The average molecular weight is 437 g/mol. The highest BCUT2D eigenvalue weighted by atomic mass is 35.5. The van der Waals surface area contributed by atoms with Crippen molar-refractivity contribution in [3.8, 4) is 5.75 Å². The van der Waals surface area contributed by atoms with Crippen molar-refractivity contribution in [2.75, 3.05) is 31.0 Å². The van der Waals surface area contributed by atoms with E-state index in [2.05, 4.69) is 6.92 Å². The first-order valence-corrected chi connectivity index (χ1v) is 11.3. The Morgan fingerprint density at radius 3 is 2.62 bits per heavy atom. The summed E-state index contributed by atoms with van der Waals surface area (Å²) in [7, 11) is -2.55. The second kappa shape index (κ2) is 9.05. The molecule has 0 bridgehead atoms. The maximum atomic E-state index is 13.5. The van der Waals surface area contributed by atoms with Crippen molar-refractivity contribution in [3.05, 3.63) is 53.6 Å². The van der Waals surface area contributed by atoms with Crippen LogP contribution in [-0.4, -0.2) is 46.0 Å². The molecule has 3 rings (SSSR count). The van der Waals surface area contributed by atoms with Crippen molar-refractivity contribution in [1.29, 1.82) is 0 Å². The van der Waals surface area contributed by atoms with Gasteiger partial charge in [-0.1, -0.05) is 36.7 Å². The first-order chi connectivity index (χ1) is 13.8. The third-order valence-electron chi connectivity index (χ3n) is 5.03. The van der Waals surface area contributed by atoms with Gasteiger partial charge in [0.2, 0.25) is 5.91 Å². The fraction of sp³-hybridized carbons (Fsp3) is 0.381. The zero-order valence-electron chi connectivity index (χ0n) is 16.5. The van der Waals surface area contributed by atoms with Gasteiger partial charge in [-0.15, -0.1) is 0 Å². The number of amides is 1. The lowest BCUT2D eigenvalue weighted by Crippen LogP contribution is -2.46. The quantitative estimate of drug-likeness (QED) is 0.690. The van der Waals surface area contributed by atoms with Crippen molar-refractivity contribution in [2.24, 2.45) is 5.92 Å². The van der Waals surface area contributed by atoms with Gasteiger partial charge in [0, 0.05) is 18.1 Å². The van der Waals surface area contributed by atoms with Gasteiger partial charge in [-0.05, 0) is 49.1 Å². The zero-order chi connectivity index (χ0) is 21.0. The number of anilines is 1. The first-order valence-electron chi connectivity index (χ1n) is 9.52. The van der Waals surface area contributed by atoms with E-state index in [1.165, 1.54) is 25.3 Å². The van der Waals surface area contributed by atoms with E-state index in [9.17, 15) is 13.2 Å². The Morgan fingerprint density at radius 2 is 1.97 bits per heavy atom. The van der Waals surface area contributed by atoms with Crippen molar-refractivity contribution >= 4 is 33.2 Å². The molecule has 2 aromatic carbocycles. The maximum Gasteiger partial charge on any atom is 0.264 e. The van der Waals surface area contributed by atoms with E-state index in [4.69, 9.17) is 16.3 Å². The fourth-order valence-corrected chi connectivity index (χ4v) is 5.12. The number of sulfonamides is 1. The van der Waals surface area contributed by atoms with Gasteiger partial charge in [0.1, 0.15) is 12.3 Å². The van der Waals surface area contributed by atoms with Crippen LogP contribution in [0.3, 0.4) is 0 Å². The van der Waals surface area contributed by atoms with Crippen LogP contribution in [0.25, 0.3) is 0 Å². The van der Waals surface area contributed by atoms with Crippen LogP contribution in [0.1, 0.15) is 19.8 Å². The molecule has 0 aliphatic carbocycles. The number of piperidine rings is 1. The molecule has 2 aromatic rings. The number of likely N-dealkylation sites (tertiary alicyclic amines) is 1. The number of benzene rings is 2. The number of hydrogen-bond acceptors (Lipinski definition) is 4. The van der Waals surface area contributed by atoms with Crippen LogP contribution in [0, 0.1) is 5.92 Å². The van der Waals surface area contributed by atoms with Gasteiger partial charge >= 0.3 is 0 Å². The largest absolute Gasteiger partial charge is 0.495 e. The number of carbonyl (C=O) groups is 1. The van der Waals surface area contributed by atoms with Gasteiger partial charge in [0.25, 0.3) is 10.0 Å². The molecule has 1 amide bonds. The van der Waals surface area contributed by atoms with Gasteiger partial charge < -0.3 is 9.64 Å². The predicted octanol–water partition coefficient (Wildman–Crippen LogP) is 3.80. The highest BCUT2D eigenvalue weighted by molar-refractivity contribution is 7.92. The van der Waals surface area contributed by atoms with Gasteiger partial charge in [0.15, 0.2) is 0 Å². The molecule has 29 heavy (non-hydrogen) atoms. The summed E-state index contributed by atoms with van der Waals surface area (Å²) in [6.07, 6.45) is 1.98. The Hall–Kier alpha value is -2.25. The minimum Gasteiger partial charge on any atom is -0.495 e. The van der Waals surface area contributed by atoms with E-state index >= 15 is 0 Å². The van der Waals surface area contributed by atoms with Crippen molar-refractivity contribution in [3.63, 3.8) is 0 Å². The first kappa shape index (κ1) is 21.5. The molecule has 1 atom stereocenters. The molecule has 1 aliphatic rings. The molecule has 1 heterocycles. The molecule has 1 fully saturated rings. The highest BCUT2D eigenvalue weighted by Crippen LogP contribution is 2.35. The number of rotatable bonds is 6. The normalized spacial score (nSPS) is 17.1. The van der Waals surface area contributed by atoms with Gasteiger partial charge in [-0.2, -0.15) is 0 Å². The number of hydrogen-bond donors (Lipinski definition) is 0. The predicted molar refractivity (Wildman–Crippen MR) is 114 cm³/mol. The van der Waals surface area contributed by atoms with Crippen LogP contribution in [0.2, 0.25) is 5.02 Å². The number of ether oxygens (including phenoxy) is 1. The van der Waals surface area contributed by atoms with Crippen LogP contribution >= 0.6 is 11.6 Å². The number of halogens is 1. The summed E-state index contributed by atoms with van der Waals surface area (Å²) in [6, 6.07) is 12.8. The molecule has 1 saturated heterocycles. The molecule has 0 spiro atoms. The van der Waals surface area contributed by atoms with E-state index in [0.717, 1.165) is 17.1 Å². The summed E-state index contributed by atoms with van der Waals surface area (Å²) in [6.45, 7) is 3.04. The van der Waals surface area contributed by atoms with Gasteiger partial charge in [0.05, 0.1) is 17.7 Å². The lowest BCUT2D eigenvalue weighted by atomic mass is 10.0. The molecular weight excluding hydrogens is 412 g/mol. The molecule has 0 saturated carbocycles. The fourth-order valence-electron chi connectivity index (χ4n) is 3.52. The summed E-state index contributed by atoms with van der Waals surface area (Å²) in [5, 5.41) is 0.355. The van der Waals surface area contributed by atoms with Gasteiger partial charge in [-0.3, -0.25) is 9.10 Å². The van der Waals surface area contributed by atoms with E-state index in [1.54, 1.807) is 35.2 Å². The summed E-state index contributed by atoms with van der Waals surface area (Å²) in [5.41, 5.74) is 0.238. The monoisotopic (exact) mass is 436 g/mol.